The van der Waals surface area contributed by atoms with Gasteiger partial charge in [0.05, 0.1) is 0 Å². The Morgan fingerprint density at radius 2 is 1.87 bits per heavy atom. The first-order valence-corrected chi connectivity index (χ1v) is 8.10. The molecule has 1 atom stereocenters. The third-order valence-corrected chi connectivity index (χ3v) is 4.12. The van der Waals surface area contributed by atoms with E-state index in [4.69, 9.17) is 5.11 Å². The van der Waals surface area contributed by atoms with Crippen LogP contribution in [0.25, 0.3) is 0 Å². The van der Waals surface area contributed by atoms with E-state index in [1.807, 2.05) is 18.2 Å². The summed E-state index contributed by atoms with van der Waals surface area (Å²) < 4.78 is 0. The molecule has 0 spiro atoms. The van der Waals surface area contributed by atoms with Crippen molar-refractivity contribution in [2.45, 2.75) is 45.7 Å². The summed E-state index contributed by atoms with van der Waals surface area (Å²) in [6.45, 7) is 4.97. The van der Waals surface area contributed by atoms with Crippen LogP contribution in [0.3, 0.4) is 0 Å². The molecular weight excluding hydrogens is 286 g/mol. The zero-order valence-corrected chi connectivity index (χ0v) is 13.9. The molecule has 2 N–H and O–H groups in total. The number of aliphatic carboxylic acids is 1. The van der Waals surface area contributed by atoms with Crippen molar-refractivity contribution in [1.82, 2.24) is 5.32 Å². The Bertz CT molecular complexity index is 637. The van der Waals surface area contributed by atoms with Crippen LogP contribution in [0.2, 0.25) is 0 Å². The van der Waals surface area contributed by atoms with E-state index in [1.54, 1.807) is 0 Å². The second-order valence-electron chi connectivity index (χ2n) is 6.13. The molecule has 122 valence electrons. The maximum atomic E-state index is 10.9. The van der Waals surface area contributed by atoms with Gasteiger partial charge < -0.3 is 10.4 Å². The topological polar surface area (TPSA) is 49.3 Å². The van der Waals surface area contributed by atoms with Crippen molar-refractivity contribution in [2.75, 3.05) is 0 Å². The minimum atomic E-state index is -0.739. The van der Waals surface area contributed by atoms with Gasteiger partial charge in [0.2, 0.25) is 0 Å². The minimum absolute atomic E-state index is 0.161. The van der Waals surface area contributed by atoms with E-state index in [0.717, 1.165) is 13.0 Å². The Kier molecular flexibility index (Phi) is 6.36. The van der Waals surface area contributed by atoms with E-state index < -0.39 is 5.97 Å². The monoisotopic (exact) mass is 311 g/mol. The average molecular weight is 311 g/mol. The van der Waals surface area contributed by atoms with Gasteiger partial charge in [-0.25, -0.2) is 0 Å². The summed E-state index contributed by atoms with van der Waals surface area (Å²) in [7, 11) is 0. The van der Waals surface area contributed by atoms with E-state index in [1.165, 1.54) is 22.3 Å². The molecule has 0 amide bonds. The molecule has 2 aromatic rings. The molecule has 0 radical (unpaired) electrons. The fraction of sp³-hybridized carbons (Fsp3) is 0.350. The highest BCUT2D eigenvalue weighted by atomic mass is 16.4. The molecule has 0 fully saturated rings. The van der Waals surface area contributed by atoms with E-state index in [-0.39, 0.29) is 12.5 Å². The number of carbonyl (C=O) groups is 1. The Hall–Kier alpha value is -2.13. The molecule has 2 aromatic carbocycles. The molecule has 23 heavy (non-hydrogen) atoms. The number of rotatable bonds is 8. The molecule has 0 aromatic heterocycles. The number of hydrogen-bond acceptors (Lipinski definition) is 2. The summed E-state index contributed by atoms with van der Waals surface area (Å²) in [6.07, 6.45) is 1.67. The van der Waals surface area contributed by atoms with Crippen LogP contribution in [-0.4, -0.2) is 17.1 Å². The minimum Gasteiger partial charge on any atom is -0.481 e. The van der Waals surface area contributed by atoms with Crippen molar-refractivity contribution < 1.29 is 9.90 Å². The van der Waals surface area contributed by atoms with Crippen molar-refractivity contribution in [2.24, 2.45) is 0 Å². The van der Waals surface area contributed by atoms with Crippen LogP contribution in [0.4, 0.5) is 0 Å². The molecule has 2 rings (SSSR count). The predicted octanol–water partition coefficient (Wildman–Crippen LogP) is 3.87. The first-order chi connectivity index (χ1) is 11.0. The van der Waals surface area contributed by atoms with Crippen LogP contribution in [0.1, 0.15) is 35.1 Å². The van der Waals surface area contributed by atoms with E-state index in [9.17, 15) is 4.79 Å². The number of aryl methyl sites for hydroxylation is 2. The van der Waals surface area contributed by atoms with Gasteiger partial charge in [0, 0.05) is 19.0 Å². The van der Waals surface area contributed by atoms with Crippen molar-refractivity contribution in [3.8, 4) is 0 Å². The Morgan fingerprint density at radius 1 is 1.13 bits per heavy atom. The molecule has 3 heteroatoms. The van der Waals surface area contributed by atoms with Crippen molar-refractivity contribution in [1.29, 1.82) is 0 Å². The first kappa shape index (κ1) is 17.2. The molecule has 0 aliphatic heterocycles. The maximum Gasteiger partial charge on any atom is 0.303 e. The fourth-order valence-corrected chi connectivity index (χ4v) is 2.72. The van der Waals surface area contributed by atoms with Gasteiger partial charge in [0.1, 0.15) is 0 Å². The highest BCUT2D eigenvalue weighted by Crippen LogP contribution is 2.13. The lowest BCUT2D eigenvalue weighted by Crippen LogP contribution is -2.31. The van der Waals surface area contributed by atoms with Crippen LogP contribution in [-0.2, 0) is 17.8 Å². The molecule has 0 aliphatic carbocycles. The first-order valence-electron chi connectivity index (χ1n) is 8.10. The smallest absolute Gasteiger partial charge is 0.303 e. The van der Waals surface area contributed by atoms with Gasteiger partial charge in [-0.2, -0.15) is 0 Å². The lowest BCUT2D eigenvalue weighted by atomic mass is 10.0. The maximum absolute atomic E-state index is 10.9. The lowest BCUT2D eigenvalue weighted by molar-refractivity contribution is -0.137. The molecule has 0 aliphatic rings. The fourth-order valence-electron chi connectivity index (χ4n) is 2.72. The zero-order valence-electron chi connectivity index (χ0n) is 13.9. The second kappa shape index (κ2) is 8.49. The number of nitrogens with one attached hydrogen (secondary N) is 1. The van der Waals surface area contributed by atoms with Crippen LogP contribution in [0.15, 0.2) is 48.5 Å². The SMILES string of the molecule is Cc1ccc(C)c(CNC(CCC(=O)O)Cc2ccccc2)c1. The Balaban J connectivity index is 2.01. The van der Waals surface area contributed by atoms with E-state index in [0.29, 0.717) is 6.42 Å². The van der Waals surface area contributed by atoms with Gasteiger partial charge in [0.15, 0.2) is 0 Å². The standard InChI is InChI=1S/C20H25NO2/c1-15-8-9-16(2)18(12-15)14-21-19(10-11-20(22)23)13-17-6-4-3-5-7-17/h3-9,12,19,21H,10-11,13-14H2,1-2H3,(H,22,23). The van der Waals surface area contributed by atoms with Gasteiger partial charge in [-0.05, 0) is 43.4 Å². The number of benzene rings is 2. The van der Waals surface area contributed by atoms with E-state index in [2.05, 4.69) is 49.5 Å². The van der Waals surface area contributed by atoms with Crippen LogP contribution >= 0.6 is 0 Å². The average Bonchev–Trinajstić information content (AvgIpc) is 2.54. The molecule has 3 nitrogen and oxygen atoms in total. The van der Waals surface area contributed by atoms with Crippen LogP contribution < -0.4 is 5.32 Å². The quantitative estimate of drug-likeness (QED) is 0.778. The Labute approximate surface area is 138 Å². The lowest BCUT2D eigenvalue weighted by Gasteiger charge is -2.19. The summed E-state index contributed by atoms with van der Waals surface area (Å²) in [6, 6.07) is 16.8. The zero-order chi connectivity index (χ0) is 16.7. The van der Waals surface area contributed by atoms with Crippen LogP contribution in [0.5, 0.6) is 0 Å². The highest BCUT2D eigenvalue weighted by Gasteiger charge is 2.12. The molecule has 0 bridgehead atoms. The summed E-state index contributed by atoms with van der Waals surface area (Å²) in [4.78, 5) is 10.9. The summed E-state index contributed by atoms with van der Waals surface area (Å²) in [5.74, 6) is -0.739. The number of hydrogen-bond donors (Lipinski definition) is 2. The number of carboxylic acid groups (broad SMARTS) is 1. The van der Waals surface area contributed by atoms with Crippen molar-refractivity contribution >= 4 is 5.97 Å². The molecule has 0 heterocycles. The summed E-state index contributed by atoms with van der Waals surface area (Å²) in [5.41, 5.74) is 5.02. The second-order valence-corrected chi connectivity index (χ2v) is 6.13. The highest BCUT2D eigenvalue weighted by molar-refractivity contribution is 5.66. The molecular formula is C20H25NO2. The molecule has 0 saturated carbocycles. The predicted molar refractivity (Wildman–Crippen MR) is 93.6 cm³/mol. The third kappa shape index (κ3) is 5.87. The number of carboxylic acids is 1. The van der Waals surface area contributed by atoms with Gasteiger partial charge in [-0.3, -0.25) is 4.79 Å². The van der Waals surface area contributed by atoms with E-state index >= 15 is 0 Å². The Morgan fingerprint density at radius 3 is 2.57 bits per heavy atom. The third-order valence-electron chi connectivity index (χ3n) is 4.12. The normalized spacial score (nSPS) is 12.1. The van der Waals surface area contributed by atoms with Crippen LogP contribution in [0, 0.1) is 13.8 Å². The molecule has 0 saturated heterocycles. The molecule has 1 unspecified atom stereocenters. The van der Waals surface area contributed by atoms with Gasteiger partial charge in [-0.15, -0.1) is 0 Å². The van der Waals surface area contributed by atoms with Gasteiger partial charge >= 0.3 is 5.97 Å². The van der Waals surface area contributed by atoms with Crippen molar-refractivity contribution in [3.05, 3.63) is 70.8 Å². The summed E-state index contributed by atoms with van der Waals surface area (Å²) in [5, 5.41) is 12.5. The van der Waals surface area contributed by atoms with Gasteiger partial charge in [-0.1, -0.05) is 54.1 Å². The summed E-state index contributed by atoms with van der Waals surface area (Å²) >= 11 is 0. The van der Waals surface area contributed by atoms with Gasteiger partial charge in [0.25, 0.3) is 0 Å². The largest absolute Gasteiger partial charge is 0.481 e. The van der Waals surface area contributed by atoms with Crippen molar-refractivity contribution in [3.63, 3.8) is 0 Å².